The summed E-state index contributed by atoms with van der Waals surface area (Å²) in [6.45, 7) is 2.88. The lowest BCUT2D eigenvalue weighted by atomic mass is 9.87. The summed E-state index contributed by atoms with van der Waals surface area (Å²) in [6.07, 6.45) is 7.74. The first-order chi connectivity index (χ1) is 12.0. The number of hydrogen-bond acceptors (Lipinski definition) is 2. The first-order valence-corrected chi connectivity index (χ1v) is 9.28. The lowest BCUT2D eigenvalue weighted by molar-refractivity contribution is -0.128. The number of amides is 3. The highest BCUT2D eigenvalue weighted by Gasteiger charge is 2.16. The summed E-state index contributed by atoms with van der Waals surface area (Å²) in [5.41, 5.74) is 1.77. The molecule has 3 amide bonds. The summed E-state index contributed by atoms with van der Waals surface area (Å²) in [4.78, 5) is 27.1. The Hall–Kier alpha value is -2.04. The van der Waals surface area contributed by atoms with Crippen LogP contribution in [0.2, 0.25) is 0 Å². The van der Waals surface area contributed by atoms with E-state index in [0.29, 0.717) is 6.54 Å². The zero-order valence-electron chi connectivity index (χ0n) is 15.8. The van der Waals surface area contributed by atoms with E-state index >= 15 is 0 Å². The van der Waals surface area contributed by atoms with Crippen molar-refractivity contribution < 1.29 is 9.59 Å². The number of anilines is 1. The standard InChI is InChI=1S/C20H31N3O2/c1-16(24)23(3)15-18-10-7-11-19(14-18)21-20(25)22(2)13-12-17-8-5-4-6-9-17/h7,10-11,14,17H,4-6,8-9,12-13,15H2,1-3H3,(H,21,25). The summed E-state index contributed by atoms with van der Waals surface area (Å²) in [7, 11) is 3.62. The van der Waals surface area contributed by atoms with Crippen molar-refractivity contribution >= 4 is 17.6 Å². The van der Waals surface area contributed by atoms with Crippen LogP contribution in [0.15, 0.2) is 24.3 Å². The molecule has 0 saturated heterocycles. The number of carbonyl (C=O) groups excluding carboxylic acids is 2. The molecular formula is C20H31N3O2. The van der Waals surface area contributed by atoms with Gasteiger partial charge in [0.1, 0.15) is 0 Å². The van der Waals surface area contributed by atoms with Crippen molar-refractivity contribution in [2.75, 3.05) is 26.0 Å². The summed E-state index contributed by atoms with van der Waals surface area (Å²) in [5, 5.41) is 2.96. The number of nitrogens with one attached hydrogen (secondary N) is 1. The van der Waals surface area contributed by atoms with Crippen molar-refractivity contribution in [2.24, 2.45) is 5.92 Å². The molecular weight excluding hydrogens is 314 g/mol. The predicted octanol–water partition coefficient (Wildman–Crippen LogP) is 4.10. The van der Waals surface area contributed by atoms with E-state index in [4.69, 9.17) is 0 Å². The van der Waals surface area contributed by atoms with E-state index in [1.165, 1.54) is 32.1 Å². The van der Waals surface area contributed by atoms with Gasteiger partial charge in [0.25, 0.3) is 0 Å². The van der Waals surface area contributed by atoms with Crippen LogP contribution in [0.25, 0.3) is 0 Å². The van der Waals surface area contributed by atoms with Gasteiger partial charge < -0.3 is 15.1 Å². The van der Waals surface area contributed by atoms with Gasteiger partial charge in [-0.2, -0.15) is 0 Å². The van der Waals surface area contributed by atoms with Crippen molar-refractivity contribution in [3.63, 3.8) is 0 Å². The van der Waals surface area contributed by atoms with Crippen LogP contribution >= 0.6 is 0 Å². The molecule has 1 aromatic rings. The molecule has 25 heavy (non-hydrogen) atoms. The smallest absolute Gasteiger partial charge is 0.321 e. The Morgan fingerprint density at radius 1 is 1.12 bits per heavy atom. The molecule has 0 aliphatic heterocycles. The minimum atomic E-state index is -0.0760. The van der Waals surface area contributed by atoms with E-state index in [9.17, 15) is 9.59 Å². The Bertz CT molecular complexity index is 582. The minimum Gasteiger partial charge on any atom is -0.342 e. The maximum Gasteiger partial charge on any atom is 0.321 e. The highest BCUT2D eigenvalue weighted by molar-refractivity contribution is 5.89. The van der Waals surface area contributed by atoms with Crippen LogP contribution in [0.3, 0.4) is 0 Å². The molecule has 1 saturated carbocycles. The van der Waals surface area contributed by atoms with Crippen LogP contribution in [0.5, 0.6) is 0 Å². The molecule has 1 aliphatic carbocycles. The third kappa shape index (κ3) is 6.40. The Morgan fingerprint density at radius 3 is 2.52 bits per heavy atom. The van der Waals surface area contributed by atoms with Crippen LogP contribution < -0.4 is 5.32 Å². The first-order valence-electron chi connectivity index (χ1n) is 9.28. The van der Waals surface area contributed by atoms with Gasteiger partial charge in [0.2, 0.25) is 5.91 Å². The summed E-state index contributed by atoms with van der Waals surface area (Å²) in [6, 6.07) is 7.59. The molecule has 5 nitrogen and oxygen atoms in total. The number of nitrogens with zero attached hydrogens (tertiary/aromatic N) is 2. The van der Waals surface area contributed by atoms with E-state index in [1.807, 2.05) is 31.3 Å². The summed E-state index contributed by atoms with van der Waals surface area (Å²) in [5.74, 6) is 0.798. The highest BCUT2D eigenvalue weighted by atomic mass is 16.2. The Labute approximate surface area is 151 Å². The maximum absolute atomic E-state index is 12.4. The molecule has 0 unspecified atom stereocenters. The Kier molecular flexibility index (Phi) is 7.29. The maximum atomic E-state index is 12.4. The van der Waals surface area contributed by atoms with Gasteiger partial charge in [0.05, 0.1) is 0 Å². The molecule has 138 valence electrons. The van der Waals surface area contributed by atoms with Crippen LogP contribution in [0.4, 0.5) is 10.5 Å². The Balaban J connectivity index is 1.83. The number of urea groups is 1. The molecule has 0 bridgehead atoms. The fraction of sp³-hybridized carbons (Fsp3) is 0.600. The highest BCUT2D eigenvalue weighted by Crippen LogP contribution is 2.26. The van der Waals surface area contributed by atoms with Crippen molar-refractivity contribution in [3.05, 3.63) is 29.8 Å². The van der Waals surface area contributed by atoms with Crippen molar-refractivity contribution in [1.29, 1.82) is 0 Å². The van der Waals surface area contributed by atoms with Gasteiger partial charge in [0.15, 0.2) is 0 Å². The molecule has 0 aromatic heterocycles. The Morgan fingerprint density at radius 2 is 1.84 bits per heavy atom. The third-order valence-electron chi connectivity index (χ3n) is 5.08. The summed E-state index contributed by atoms with van der Waals surface area (Å²) < 4.78 is 0. The normalized spacial score (nSPS) is 14.8. The lowest BCUT2D eigenvalue weighted by Crippen LogP contribution is -2.33. The minimum absolute atomic E-state index is 0.0249. The van der Waals surface area contributed by atoms with E-state index in [0.717, 1.165) is 30.1 Å². The zero-order valence-corrected chi connectivity index (χ0v) is 15.8. The number of rotatable bonds is 6. The largest absolute Gasteiger partial charge is 0.342 e. The average Bonchev–Trinajstić information content (AvgIpc) is 2.60. The fourth-order valence-electron chi connectivity index (χ4n) is 3.31. The van der Waals surface area contributed by atoms with Gasteiger partial charge >= 0.3 is 6.03 Å². The number of hydrogen-bond donors (Lipinski definition) is 1. The molecule has 0 radical (unpaired) electrons. The molecule has 1 aliphatic rings. The lowest BCUT2D eigenvalue weighted by Gasteiger charge is -2.25. The van der Waals surface area contributed by atoms with Gasteiger partial charge in [-0.1, -0.05) is 44.2 Å². The average molecular weight is 345 g/mol. The number of carbonyl (C=O) groups is 2. The van der Waals surface area contributed by atoms with Gasteiger partial charge in [-0.3, -0.25) is 4.79 Å². The second-order valence-corrected chi connectivity index (χ2v) is 7.22. The third-order valence-corrected chi connectivity index (χ3v) is 5.08. The molecule has 5 heteroatoms. The topological polar surface area (TPSA) is 52.7 Å². The van der Waals surface area contributed by atoms with E-state index in [-0.39, 0.29) is 11.9 Å². The molecule has 2 rings (SSSR count). The van der Waals surface area contributed by atoms with Crippen molar-refractivity contribution in [1.82, 2.24) is 9.80 Å². The quantitative estimate of drug-likeness (QED) is 0.844. The monoisotopic (exact) mass is 345 g/mol. The van der Waals surface area contributed by atoms with E-state index in [1.54, 1.807) is 23.8 Å². The molecule has 1 aromatic carbocycles. The van der Waals surface area contributed by atoms with Crippen LogP contribution in [0, 0.1) is 5.92 Å². The molecule has 0 heterocycles. The molecule has 1 fully saturated rings. The second kappa shape index (κ2) is 9.44. The van der Waals surface area contributed by atoms with Crippen molar-refractivity contribution in [3.8, 4) is 0 Å². The SMILES string of the molecule is CC(=O)N(C)Cc1cccc(NC(=O)N(C)CCC2CCCCC2)c1. The van der Waals surface area contributed by atoms with Crippen LogP contribution in [0.1, 0.15) is 51.0 Å². The van der Waals surface area contributed by atoms with Crippen LogP contribution in [-0.4, -0.2) is 42.4 Å². The van der Waals surface area contributed by atoms with Gasteiger partial charge in [0, 0.05) is 39.8 Å². The molecule has 0 atom stereocenters. The summed E-state index contributed by atoms with van der Waals surface area (Å²) >= 11 is 0. The fourth-order valence-corrected chi connectivity index (χ4v) is 3.31. The molecule has 1 N–H and O–H groups in total. The van der Waals surface area contributed by atoms with Crippen molar-refractivity contribution in [2.45, 2.75) is 52.0 Å². The molecule has 0 spiro atoms. The van der Waals surface area contributed by atoms with Gasteiger partial charge in [-0.25, -0.2) is 4.79 Å². The predicted molar refractivity (Wildman–Crippen MR) is 101 cm³/mol. The van der Waals surface area contributed by atoms with E-state index < -0.39 is 0 Å². The van der Waals surface area contributed by atoms with E-state index in [2.05, 4.69) is 5.32 Å². The van der Waals surface area contributed by atoms with Gasteiger partial charge in [-0.15, -0.1) is 0 Å². The van der Waals surface area contributed by atoms with Gasteiger partial charge in [-0.05, 0) is 30.0 Å². The number of benzene rings is 1. The second-order valence-electron chi connectivity index (χ2n) is 7.22. The van der Waals surface area contributed by atoms with Crippen LogP contribution in [-0.2, 0) is 11.3 Å². The first kappa shape index (κ1) is 19.3. The zero-order chi connectivity index (χ0) is 18.2.